The van der Waals surface area contributed by atoms with Gasteiger partial charge in [0, 0.05) is 0 Å². The Bertz CT molecular complexity index is 2500. The van der Waals surface area contributed by atoms with Gasteiger partial charge in [0.15, 0.2) is 0 Å². The topological polar surface area (TPSA) is 114 Å². The van der Waals surface area contributed by atoms with Gasteiger partial charge in [-0.2, -0.15) is 0 Å². The first-order chi connectivity index (χ1) is 47.0. The van der Waals surface area contributed by atoms with Crippen LogP contribution in [0, 0.1) is 0 Å². The van der Waals surface area contributed by atoms with Crippen molar-refractivity contribution >= 4 is 90.7 Å². The molecule has 0 spiro atoms. The third kappa shape index (κ3) is 46.3. The van der Waals surface area contributed by atoms with E-state index in [2.05, 4.69) is 52.0 Å². The molecule has 0 aliphatic rings. The number of aryl methyl sites for hydroxylation is 4. The number of rotatable bonds is 66. The first kappa shape index (κ1) is 91.9. The summed E-state index contributed by atoms with van der Waals surface area (Å²) in [5.41, 5.74) is 3.75. The fraction of sp³-hybridized carbons (Fsp3) is 0.773. The third-order valence-corrected chi connectivity index (χ3v) is 23.0. The van der Waals surface area contributed by atoms with Crippen LogP contribution in [0.15, 0.2) is 70.5 Å². The Morgan fingerprint density at radius 3 is 0.546 bits per heavy atom. The molecule has 0 amide bonds. The average Bonchev–Trinajstić information content (AvgIpc) is 0.780. The number of unbranched alkanes of at least 4 members (excludes halogenated alkanes) is 56. The predicted octanol–water partition coefficient (Wildman–Crippen LogP) is 28.8. The van der Waals surface area contributed by atoms with Gasteiger partial charge in [-0.1, -0.05) is 448 Å². The summed E-state index contributed by atoms with van der Waals surface area (Å²) in [7, 11) is -9.10. The molecular weight excluding hydrogens is 1350 g/mol. The summed E-state index contributed by atoms with van der Waals surface area (Å²) in [4.78, 5) is 0.0624. The molecule has 4 rings (SSSR count). The van der Waals surface area contributed by atoms with Crippen molar-refractivity contribution in [2.45, 2.75) is 448 Å². The van der Waals surface area contributed by atoms with Gasteiger partial charge in [-0.15, -0.1) is 0 Å². The van der Waals surface area contributed by atoms with Gasteiger partial charge in [0.25, 0.3) is 0 Å². The van der Waals surface area contributed by atoms with Crippen LogP contribution >= 0.6 is 0 Å². The van der Waals surface area contributed by atoms with E-state index in [-0.39, 0.29) is 58.7 Å². The maximum atomic E-state index is 12.5. The van der Waals surface area contributed by atoms with Gasteiger partial charge in [0.1, 0.15) is 20.2 Å². The zero-order valence-corrected chi connectivity index (χ0v) is 70.1. The van der Waals surface area contributed by atoms with Crippen molar-refractivity contribution in [3.8, 4) is 0 Å². The molecule has 0 aliphatic carbocycles. The first-order valence-electron chi connectivity index (χ1n) is 42.0. The van der Waals surface area contributed by atoms with Crippen LogP contribution in [0.4, 0.5) is 0 Å². The summed E-state index contributed by atoms with van der Waals surface area (Å²) >= 11 is 0. The van der Waals surface area contributed by atoms with E-state index in [0.29, 0.717) is 34.7 Å². The molecule has 0 N–H and O–H groups in total. The molecule has 0 atom stereocenters. The normalized spacial score (nSPS) is 11.9. The molecule has 4 aromatic rings. The Morgan fingerprint density at radius 1 is 0.206 bits per heavy atom. The summed E-state index contributed by atoms with van der Waals surface area (Å²) in [6, 6.07) is 19.8. The molecule has 0 saturated carbocycles. The van der Waals surface area contributed by atoms with Gasteiger partial charge in [-0.25, -0.2) is 16.8 Å². The largest absolute Gasteiger partial charge is 2.00 e. The van der Waals surface area contributed by atoms with Crippen molar-refractivity contribution in [2.75, 3.05) is 0 Å². The minimum absolute atomic E-state index is 0. The molecule has 0 fully saturated rings. The zero-order valence-electron chi connectivity index (χ0n) is 64.0. The van der Waals surface area contributed by atoms with Crippen molar-refractivity contribution in [3.63, 3.8) is 0 Å². The fourth-order valence-corrected chi connectivity index (χ4v) is 16.9. The van der Waals surface area contributed by atoms with Crippen LogP contribution in [-0.4, -0.2) is 74.8 Å². The van der Waals surface area contributed by atoms with E-state index >= 15 is 0 Å². The Labute approximate surface area is 642 Å². The second-order valence-corrected chi connectivity index (χ2v) is 32.5. The van der Waals surface area contributed by atoms with Crippen molar-refractivity contribution in [2.24, 2.45) is 0 Å². The van der Waals surface area contributed by atoms with E-state index in [0.717, 1.165) is 62.1 Å². The van der Waals surface area contributed by atoms with E-state index in [1.807, 2.05) is 36.4 Å². The molecule has 0 saturated heterocycles. The first-order valence-corrected chi connectivity index (χ1v) is 44.8. The monoisotopic (exact) mass is 1500 g/mol. The van der Waals surface area contributed by atoms with Crippen molar-refractivity contribution < 1.29 is 25.9 Å². The van der Waals surface area contributed by atoms with E-state index < -0.39 is 20.2 Å². The Hall–Kier alpha value is -1.21. The van der Waals surface area contributed by atoms with Gasteiger partial charge in [-0.3, -0.25) is 0 Å². The molecule has 0 aromatic heterocycles. The number of hydrogen-bond donors (Lipinski definition) is 0. The molecule has 9 heteroatoms. The van der Waals surface area contributed by atoms with E-state index in [1.165, 1.54) is 358 Å². The van der Waals surface area contributed by atoms with Crippen molar-refractivity contribution in [1.82, 2.24) is 0 Å². The molecule has 0 aliphatic heterocycles. The molecule has 4 aromatic carbocycles. The quantitative estimate of drug-likeness (QED) is 0.0247. The SMILES string of the molecule is CCCCCCCCCCCCCCCCCc1ccc2c(CCCCCCCCCCCCCCCCC)cccc2c1S(=O)(=O)[O-].CCCCCCCCCCCCCCCCCc1ccc2c(CCCCCCCCCCCCCCCCC)cccc2c1S(=O)(=O)[O-].[Ba+2]. The van der Waals surface area contributed by atoms with E-state index in [9.17, 15) is 25.9 Å². The van der Waals surface area contributed by atoms with Crippen LogP contribution in [0.25, 0.3) is 21.5 Å². The van der Waals surface area contributed by atoms with Gasteiger partial charge in [0.2, 0.25) is 0 Å². The van der Waals surface area contributed by atoms with Crippen LogP contribution in [0.5, 0.6) is 0 Å². The summed E-state index contributed by atoms with van der Waals surface area (Å²) < 4.78 is 74.9. The Balaban J connectivity index is 0.000000653. The number of fused-ring (bicyclic) bond motifs is 2. The van der Waals surface area contributed by atoms with Gasteiger partial charge < -0.3 is 9.11 Å². The maximum absolute atomic E-state index is 12.5. The minimum atomic E-state index is -4.55. The molecule has 6 nitrogen and oxygen atoms in total. The fourth-order valence-electron chi connectivity index (χ4n) is 15.0. The summed E-state index contributed by atoms with van der Waals surface area (Å²) in [6.45, 7) is 9.11. The molecular formula is C88H150BaO6S2. The summed E-state index contributed by atoms with van der Waals surface area (Å²) in [5.74, 6) is 0. The van der Waals surface area contributed by atoms with Crippen LogP contribution in [0.2, 0.25) is 0 Å². The zero-order chi connectivity index (χ0) is 69.1. The Morgan fingerprint density at radius 2 is 0.371 bits per heavy atom. The summed E-state index contributed by atoms with van der Waals surface area (Å²) in [6.07, 6.45) is 82.8. The molecule has 0 heterocycles. The second-order valence-electron chi connectivity index (χ2n) is 29.8. The van der Waals surface area contributed by atoms with Crippen molar-refractivity contribution in [3.05, 3.63) is 82.9 Å². The van der Waals surface area contributed by atoms with E-state index in [4.69, 9.17) is 0 Å². The molecule has 552 valence electrons. The van der Waals surface area contributed by atoms with Crippen molar-refractivity contribution in [1.29, 1.82) is 0 Å². The molecule has 0 radical (unpaired) electrons. The van der Waals surface area contributed by atoms with Gasteiger partial charge in [0.05, 0.1) is 9.79 Å². The van der Waals surface area contributed by atoms with Gasteiger partial charge in [-0.05, 0) is 95.2 Å². The standard InChI is InChI=1S/2C44H76O3S.Ba/c2*1-3-5-7-9-11-13-15-17-19-21-23-25-27-29-31-34-40-36-33-37-43-42(40)39-38-41(44(43)48(45,46)47)35-32-30-28-26-24-22-20-18-16-14-12-10-8-6-4-2;/h2*33,36-39H,3-32,34-35H2,1-2H3,(H,45,46,47);/q;;+2/p-2. The number of benzene rings is 4. The molecule has 0 unspecified atom stereocenters. The van der Waals surface area contributed by atoms with Crippen LogP contribution in [0.3, 0.4) is 0 Å². The van der Waals surface area contributed by atoms with E-state index in [1.54, 1.807) is 0 Å². The summed E-state index contributed by atoms with van der Waals surface area (Å²) in [5, 5.41) is 3.14. The minimum Gasteiger partial charge on any atom is -0.744 e. The van der Waals surface area contributed by atoms with Crippen LogP contribution < -0.4 is 0 Å². The average molecular weight is 1510 g/mol. The predicted molar refractivity (Wildman–Crippen MR) is 424 cm³/mol. The van der Waals surface area contributed by atoms with Crippen LogP contribution in [0.1, 0.15) is 435 Å². The van der Waals surface area contributed by atoms with Gasteiger partial charge >= 0.3 is 48.9 Å². The maximum Gasteiger partial charge on any atom is 2.00 e. The Kier molecular flexibility index (Phi) is 59.9. The smallest absolute Gasteiger partial charge is 0.744 e. The molecule has 97 heavy (non-hydrogen) atoms. The third-order valence-electron chi connectivity index (χ3n) is 21.1. The molecule has 0 bridgehead atoms. The van der Waals surface area contributed by atoms with Crippen LogP contribution in [-0.2, 0) is 45.9 Å². The second kappa shape index (κ2) is 63.3. The number of hydrogen-bond acceptors (Lipinski definition) is 6.